The number of nitrogens with zero attached hydrogens (tertiary/aromatic N) is 1. The Morgan fingerprint density at radius 1 is 1.12 bits per heavy atom. The van der Waals surface area contributed by atoms with Gasteiger partial charge in [0.05, 0.1) is 11.9 Å². The Morgan fingerprint density at radius 2 is 1.76 bits per heavy atom. The van der Waals surface area contributed by atoms with Crippen LogP contribution in [0.5, 0.6) is 0 Å². The molecule has 0 heterocycles. The first-order chi connectivity index (χ1) is 11.7. The molecular formula is C16H15ClF2N2O3S. The molecule has 25 heavy (non-hydrogen) atoms. The molecule has 0 aliphatic carbocycles. The molecule has 0 radical (unpaired) electrons. The second kappa shape index (κ2) is 7.79. The van der Waals surface area contributed by atoms with Gasteiger partial charge in [-0.05, 0) is 29.8 Å². The van der Waals surface area contributed by atoms with Crippen LogP contribution in [-0.2, 0) is 21.4 Å². The zero-order valence-electron chi connectivity index (χ0n) is 13.2. The summed E-state index contributed by atoms with van der Waals surface area (Å²) >= 11 is 5.77. The van der Waals surface area contributed by atoms with Crippen LogP contribution in [0.2, 0.25) is 5.02 Å². The standard InChI is InChI=1S/C16H15ClF2N2O3S/c1-25(23,24)21(13-6-7-14(18)15(19)8-13)10-16(22)20-9-11-2-4-12(17)5-3-11/h2-8H,9-10H2,1H3,(H,20,22). The molecule has 1 N–H and O–H groups in total. The highest BCUT2D eigenvalue weighted by Crippen LogP contribution is 2.20. The van der Waals surface area contributed by atoms with Gasteiger partial charge in [0.25, 0.3) is 0 Å². The summed E-state index contributed by atoms with van der Waals surface area (Å²) in [7, 11) is -3.87. The maximum absolute atomic E-state index is 13.4. The molecule has 0 saturated carbocycles. The molecule has 5 nitrogen and oxygen atoms in total. The van der Waals surface area contributed by atoms with E-state index in [0.717, 1.165) is 30.0 Å². The van der Waals surface area contributed by atoms with Gasteiger partial charge in [0.1, 0.15) is 6.54 Å². The Morgan fingerprint density at radius 3 is 2.32 bits per heavy atom. The zero-order valence-corrected chi connectivity index (χ0v) is 14.7. The minimum atomic E-state index is -3.87. The van der Waals surface area contributed by atoms with E-state index in [1.807, 2.05) is 0 Å². The largest absolute Gasteiger partial charge is 0.350 e. The predicted molar refractivity (Wildman–Crippen MR) is 91.8 cm³/mol. The second-order valence-corrected chi connectivity index (χ2v) is 7.61. The lowest BCUT2D eigenvalue weighted by molar-refractivity contribution is -0.119. The number of benzene rings is 2. The van der Waals surface area contributed by atoms with Crippen molar-refractivity contribution >= 4 is 33.2 Å². The summed E-state index contributed by atoms with van der Waals surface area (Å²) < 4.78 is 50.9. The molecule has 0 atom stereocenters. The van der Waals surface area contributed by atoms with Gasteiger partial charge in [-0.2, -0.15) is 0 Å². The van der Waals surface area contributed by atoms with E-state index in [0.29, 0.717) is 9.33 Å². The van der Waals surface area contributed by atoms with Crippen molar-refractivity contribution in [1.82, 2.24) is 5.32 Å². The van der Waals surface area contributed by atoms with Gasteiger partial charge >= 0.3 is 0 Å². The van der Waals surface area contributed by atoms with Gasteiger partial charge in [-0.15, -0.1) is 0 Å². The molecule has 9 heteroatoms. The molecule has 2 aromatic rings. The van der Waals surface area contributed by atoms with Crippen LogP contribution in [0.3, 0.4) is 0 Å². The molecule has 0 unspecified atom stereocenters. The van der Waals surface area contributed by atoms with Crippen LogP contribution in [0.1, 0.15) is 5.56 Å². The van der Waals surface area contributed by atoms with E-state index in [9.17, 15) is 22.0 Å². The molecule has 134 valence electrons. The highest BCUT2D eigenvalue weighted by molar-refractivity contribution is 7.92. The maximum Gasteiger partial charge on any atom is 0.241 e. The molecule has 0 aromatic heterocycles. The maximum atomic E-state index is 13.4. The van der Waals surface area contributed by atoms with Crippen LogP contribution < -0.4 is 9.62 Å². The van der Waals surface area contributed by atoms with Gasteiger partial charge in [0.2, 0.25) is 15.9 Å². The van der Waals surface area contributed by atoms with Gasteiger partial charge < -0.3 is 5.32 Å². The van der Waals surface area contributed by atoms with E-state index in [2.05, 4.69) is 5.32 Å². The Bertz CT molecular complexity index is 873. The van der Waals surface area contributed by atoms with Crippen LogP contribution >= 0.6 is 11.6 Å². The number of amides is 1. The van der Waals surface area contributed by atoms with Crippen LogP contribution in [-0.4, -0.2) is 27.1 Å². The van der Waals surface area contributed by atoms with Crippen molar-refractivity contribution in [2.75, 3.05) is 17.1 Å². The zero-order chi connectivity index (χ0) is 18.6. The summed E-state index contributed by atoms with van der Waals surface area (Å²) in [5.74, 6) is -2.90. The van der Waals surface area contributed by atoms with Crippen molar-refractivity contribution in [2.45, 2.75) is 6.54 Å². The smallest absolute Gasteiger partial charge is 0.241 e. The minimum absolute atomic E-state index is 0.136. The van der Waals surface area contributed by atoms with E-state index < -0.39 is 34.1 Å². The third kappa shape index (κ3) is 5.40. The fraction of sp³-hybridized carbons (Fsp3) is 0.188. The Kier molecular flexibility index (Phi) is 5.97. The average Bonchev–Trinajstić information content (AvgIpc) is 2.54. The third-order valence-corrected chi connectivity index (χ3v) is 4.67. The molecular weight excluding hydrogens is 374 g/mol. The highest BCUT2D eigenvalue weighted by atomic mass is 35.5. The molecule has 0 fully saturated rings. The molecule has 0 spiro atoms. The molecule has 0 aliphatic rings. The Labute approximate surface area is 149 Å². The summed E-state index contributed by atoms with van der Waals surface area (Å²) in [5, 5.41) is 3.11. The van der Waals surface area contributed by atoms with Crippen LogP contribution in [0.25, 0.3) is 0 Å². The molecule has 2 rings (SSSR count). The van der Waals surface area contributed by atoms with Crippen molar-refractivity contribution in [3.63, 3.8) is 0 Å². The highest BCUT2D eigenvalue weighted by Gasteiger charge is 2.22. The fourth-order valence-electron chi connectivity index (χ4n) is 2.03. The predicted octanol–water partition coefficient (Wildman–Crippen LogP) is 2.70. The summed E-state index contributed by atoms with van der Waals surface area (Å²) in [6.45, 7) is -0.386. The number of hydrogen-bond acceptors (Lipinski definition) is 3. The normalized spacial score (nSPS) is 11.2. The molecule has 2 aromatic carbocycles. The second-order valence-electron chi connectivity index (χ2n) is 5.27. The third-order valence-electron chi connectivity index (χ3n) is 3.28. The number of sulfonamides is 1. The van der Waals surface area contributed by atoms with Gasteiger partial charge in [0, 0.05) is 17.6 Å². The number of rotatable bonds is 6. The Hall–Kier alpha value is -2.19. The van der Waals surface area contributed by atoms with E-state index in [4.69, 9.17) is 11.6 Å². The van der Waals surface area contributed by atoms with Gasteiger partial charge in [-0.1, -0.05) is 23.7 Å². The lowest BCUT2D eigenvalue weighted by Gasteiger charge is -2.22. The van der Waals surface area contributed by atoms with Crippen molar-refractivity contribution in [2.24, 2.45) is 0 Å². The van der Waals surface area contributed by atoms with E-state index in [-0.39, 0.29) is 12.2 Å². The van der Waals surface area contributed by atoms with Gasteiger partial charge in [-0.3, -0.25) is 9.10 Å². The molecule has 1 amide bonds. The number of anilines is 1. The first-order valence-electron chi connectivity index (χ1n) is 7.11. The number of carbonyl (C=O) groups is 1. The topological polar surface area (TPSA) is 66.5 Å². The number of nitrogens with one attached hydrogen (secondary N) is 1. The monoisotopic (exact) mass is 388 g/mol. The Balaban J connectivity index is 2.10. The van der Waals surface area contributed by atoms with Crippen molar-refractivity contribution in [3.05, 3.63) is 64.7 Å². The summed E-state index contributed by atoms with van der Waals surface area (Å²) in [6.07, 6.45) is 0.876. The fourth-order valence-corrected chi connectivity index (χ4v) is 3.00. The summed E-state index contributed by atoms with van der Waals surface area (Å²) in [6, 6.07) is 9.36. The van der Waals surface area contributed by atoms with E-state index in [1.165, 1.54) is 0 Å². The van der Waals surface area contributed by atoms with Crippen LogP contribution in [0.4, 0.5) is 14.5 Å². The first-order valence-corrected chi connectivity index (χ1v) is 9.33. The SMILES string of the molecule is CS(=O)(=O)N(CC(=O)NCc1ccc(Cl)cc1)c1ccc(F)c(F)c1. The minimum Gasteiger partial charge on any atom is -0.350 e. The number of carbonyl (C=O) groups excluding carboxylic acids is 1. The van der Waals surface area contributed by atoms with E-state index in [1.54, 1.807) is 24.3 Å². The summed E-state index contributed by atoms with van der Waals surface area (Å²) in [4.78, 5) is 12.1. The number of hydrogen-bond donors (Lipinski definition) is 1. The molecule has 0 aliphatic heterocycles. The van der Waals surface area contributed by atoms with Crippen LogP contribution in [0, 0.1) is 11.6 Å². The lowest BCUT2D eigenvalue weighted by Crippen LogP contribution is -2.40. The van der Waals surface area contributed by atoms with Crippen molar-refractivity contribution in [3.8, 4) is 0 Å². The lowest BCUT2D eigenvalue weighted by atomic mass is 10.2. The van der Waals surface area contributed by atoms with E-state index >= 15 is 0 Å². The van der Waals surface area contributed by atoms with Gasteiger partial charge in [-0.25, -0.2) is 17.2 Å². The van der Waals surface area contributed by atoms with Crippen LogP contribution in [0.15, 0.2) is 42.5 Å². The van der Waals surface area contributed by atoms with Crippen molar-refractivity contribution < 1.29 is 22.0 Å². The number of halogens is 3. The molecule has 0 saturated heterocycles. The van der Waals surface area contributed by atoms with Crippen molar-refractivity contribution in [1.29, 1.82) is 0 Å². The molecule has 0 bridgehead atoms. The summed E-state index contributed by atoms with van der Waals surface area (Å²) in [5.41, 5.74) is 0.638. The first kappa shape index (κ1) is 19.1. The average molecular weight is 389 g/mol. The quantitative estimate of drug-likeness (QED) is 0.827. The van der Waals surface area contributed by atoms with Gasteiger partial charge in [0.15, 0.2) is 11.6 Å².